The van der Waals surface area contributed by atoms with Gasteiger partial charge in [0.25, 0.3) is 0 Å². The summed E-state index contributed by atoms with van der Waals surface area (Å²) in [6, 6.07) is -0.365. The van der Waals surface area contributed by atoms with Crippen molar-refractivity contribution in [1.29, 1.82) is 0 Å². The first-order valence-electron chi connectivity index (χ1n) is 6.54. The van der Waals surface area contributed by atoms with Gasteiger partial charge in [-0.3, -0.25) is 0 Å². The van der Waals surface area contributed by atoms with E-state index in [0.717, 1.165) is 25.9 Å². The minimum Gasteiger partial charge on any atom is -0.338 e. The molecule has 2 fully saturated rings. The number of urea groups is 1. The first kappa shape index (κ1) is 13.6. The van der Waals surface area contributed by atoms with Gasteiger partial charge in [-0.1, -0.05) is 0 Å². The van der Waals surface area contributed by atoms with Gasteiger partial charge in [0.15, 0.2) is 9.84 Å². The zero-order valence-corrected chi connectivity index (χ0v) is 11.3. The number of carbonyl (C=O) groups is 1. The summed E-state index contributed by atoms with van der Waals surface area (Å²) in [5, 5.41) is 7.90. The average Bonchev–Trinajstić information content (AvgIpc) is 2.68. The SMILES string of the molecule is O=C(NCC1CCCNC1)NC1CCCS1(=O)=O. The molecule has 2 saturated heterocycles. The second kappa shape index (κ2) is 5.88. The monoisotopic (exact) mass is 275 g/mol. The summed E-state index contributed by atoms with van der Waals surface area (Å²) < 4.78 is 23.1. The van der Waals surface area contributed by atoms with E-state index in [1.165, 1.54) is 0 Å². The molecule has 18 heavy (non-hydrogen) atoms. The molecule has 0 radical (unpaired) electrons. The van der Waals surface area contributed by atoms with Gasteiger partial charge in [-0.2, -0.15) is 0 Å². The van der Waals surface area contributed by atoms with Crippen LogP contribution in [-0.2, 0) is 9.84 Å². The highest BCUT2D eigenvalue weighted by molar-refractivity contribution is 7.92. The van der Waals surface area contributed by atoms with E-state index in [4.69, 9.17) is 0 Å². The molecular formula is C11H21N3O3S. The van der Waals surface area contributed by atoms with Crippen LogP contribution >= 0.6 is 0 Å². The summed E-state index contributed by atoms with van der Waals surface area (Å²) in [5.41, 5.74) is 0. The van der Waals surface area contributed by atoms with E-state index < -0.39 is 15.2 Å². The fourth-order valence-electron chi connectivity index (χ4n) is 2.49. The Morgan fingerprint density at radius 2 is 2.11 bits per heavy atom. The van der Waals surface area contributed by atoms with Crippen LogP contribution in [0.25, 0.3) is 0 Å². The highest BCUT2D eigenvalue weighted by atomic mass is 32.2. The van der Waals surface area contributed by atoms with Crippen LogP contribution in [0.2, 0.25) is 0 Å². The number of hydrogen-bond donors (Lipinski definition) is 3. The van der Waals surface area contributed by atoms with Crippen molar-refractivity contribution in [3.63, 3.8) is 0 Å². The molecule has 2 rings (SSSR count). The molecule has 0 aromatic heterocycles. The molecule has 2 atom stereocenters. The van der Waals surface area contributed by atoms with Crippen LogP contribution in [0.5, 0.6) is 0 Å². The van der Waals surface area contributed by atoms with Gasteiger partial charge in [-0.15, -0.1) is 0 Å². The fraction of sp³-hybridized carbons (Fsp3) is 0.909. The maximum absolute atomic E-state index is 11.6. The standard InChI is InChI=1S/C11H21N3O3S/c15-11(13-8-9-3-1-5-12-7-9)14-10-4-2-6-18(10,16)17/h9-10,12H,1-8H2,(H2,13,14,15). The van der Waals surface area contributed by atoms with E-state index in [9.17, 15) is 13.2 Å². The molecule has 0 spiro atoms. The van der Waals surface area contributed by atoms with Crippen LogP contribution in [0.15, 0.2) is 0 Å². The molecule has 6 nitrogen and oxygen atoms in total. The minimum atomic E-state index is -3.11. The Morgan fingerprint density at radius 3 is 2.72 bits per heavy atom. The third-order valence-electron chi connectivity index (χ3n) is 3.57. The minimum absolute atomic E-state index is 0.185. The van der Waals surface area contributed by atoms with Crippen LogP contribution in [0.1, 0.15) is 25.7 Å². The number of carbonyl (C=O) groups excluding carboxylic acids is 1. The number of sulfone groups is 1. The van der Waals surface area contributed by atoms with Crippen LogP contribution in [0.3, 0.4) is 0 Å². The number of rotatable bonds is 3. The Balaban J connectivity index is 1.72. The van der Waals surface area contributed by atoms with E-state index in [2.05, 4.69) is 16.0 Å². The van der Waals surface area contributed by atoms with Gasteiger partial charge in [0.2, 0.25) is 0 Å². The Labute approximate surface area is 108 Å². The maximum atomic E-state index is 11.6. The van der Waals surface area contributed by atoms with Crippen molar-refractivity contribution in [2.45, 2.75) is 31.1 Å². The number of hydrogen-bond acceptors (Lipinski definition) is 4. The zero-order valence-electron chi connectivity index (χ0n) is 10.4. The molecule has 104 valence electrons. The Morgan fingerprint density at radius 1 is 1.28 bits per heavy atom. The van der Waals surface area contributed by atoms with Crippen LogP contribution < -0.4 is 16.0 Å². The highest BCUT2D eigenvalue weighted by Gasteiger charge is 2.32. The number of nitrogens with one attached hydrogen (secondary N) is 3. The fourth-order valence-corrected chi connectivity index (χ4v) is 4.15. The van der Waals surface area contributed by atoms with Crippen molar-refractivity contribution in [2.24, 2.45) is 5.92 Å². The molecular weight excluding hydrogens is 254 g/mol. The van der Waals surface area contributed by atoms with Crippen molar-refractivity contribution in [3.05, 3.63) is 0 Å². The first-order chi connectivity index (χ1) is 8.58. The summed E-state index contributed by atoms with van der Waals surface area (Å²) in [5.74, 6) is 0.634. The molecule has 0 aromatic carbocycles. The van der Waals surface area contributed by atoms with Crippen molar-refractivity contribution < 1.29 is 13.2 Å². The second-order valence-corrected chi connectivity index (χ2v) is 7.37. The largest absolute Gasteiger partial charge is 0.338 e. The lowest BCUT2D eigenvalue weighted by molar-refractivity contribution is 0.236. The predicted molar refractivity (Wildman–Crippen MR) is 68.9 cm³/mol. The Hall–Kier alpha value is -0.820. The predicted octanol–water partition coefficient (Wildman–Crippen LogP) is -0.180. The lowest BCUT2D eigenvalue weighted by Gasteiger charge is -2.23. The smallest absolute Gasteiger partial charge is 0.315 e. The van der Waals surface area contributed by atoms with E-state index >= 15 is 0 Å². The van der Waals surface area contributed by atoms with Crippen molar-refractivity contribution >= 4 is 15.9 Å². The lowest BCUT2D eigenvalue weighted by Crippen LogP contribution is -2.46. The lowest BCUT2D eigenvalue weighted by atomic mass is 10.00. The molecule has 2 amide bonds. The van der Waals surface area contributed by atoms with Gasteiger partial charge in [-0.05, 0) is 44.7 Å². The van der Waals surface area contributed by atoms with Gasteiger partial charge in [0.1, 0.15) is 5.37 Å². The Kier molecular flexibility index (Phi) is 4.45. The average molecular weight is 275 g/mol. The molecule has 0 aromatic rings. The third kappa shape index (κ3) is 3.58. The molecule has 2 unspecified atom stereocenters. The molecule has 0 saturated carbocycles. The molecule has 0 bridgehead atoms. The summed E-state index contributed by atoms with van der Waals surface area (Å²) >= 11 is 0. The van der Waals surface area contributed by atoms with Gasteiger partial charge < -0.3 is 16.0 Å². The summed E-state index contributed by atoms with van der Waals surface area (Å²) in [7, 11) is -3.11. The van der Waals surface area contributed by atoms with E-state index in [1.807, 2.05) is 0 Å². The van der Waals surface area contributed by atoms with Crippen LogP contribution in [-0.4, -0.2) is 45.2 Å². The van der Waals surface area contributed by atoms with Gasteiger partial charge >= 0.3 is 6.03 Å². The quantitative estimate of drug-likeness (QED) is 0.667. The Bertz CT molecular complexity index is 390. The van der Waals surface area contributed by atoms with Crippen LogP contribution in [0, 0.1) is 5.92 Å². The van der Waals surface area contributed by atoms with Gasteiger partial charge in [-0.25, -0.2) is 13.2 Å². The molecule has 2 heterocycles. The number of piperidine rings is 1. The highest BCUT2D eigenvalue weighted by Crippen LogP contribution is 2.17. The molecule has 7 heteroatoms. The first-order valence-corrected chi connectivity index (χ1v) is 8.26. The van der Waals surface area contributed by atoms with Crippen molar-refractivity contribution in [1.82, 2.24) is 16.0 Å². The van der Waals surface area contributed by atoms with Crippen molar-refractivity contribution in [2.75, 3.05) is 25.4 Å². The normalized spacial score (nSPS) is 30.9. The maximum Gasteiger partial charge on any atom is 0.315 e. The van der Waals surface area contributed by atoms with Crippen LogP contribution in [0.4, 0.5) is 4.79 Å². The summed E-state index contributed by atoms with van der Waals surface area (Å²) in [6.45, 7) is 2.57. The number of amides is 2. The summed E-state index contributed by atoms with van der Waals surface area (Å²) in [6.07, 6.45) is 3.40. The zero-order chi connectivity index (χ0) is 13.0. The molecule has 3 N–H and O–H groups in total. The molecule has 0 aliphatic carbocycles. The van der Waals surface area contributed by atoms with Gasteiger partial charge in [0.05, 0.1) is 5.75 Å². The van der Waals surface area contributed by atoms with E-state index in [0.29, 0.717) is 25.3 Å². The third-order valence-corrected chi connectivity index (χ3v) is 5.65. The van der Waals surface area contributed by atoms with Crippen molar-refractivity contribution in [3.8, 4) is 0 Å². The van der Waals surface area contributed by atoms with E-state index in [1.54, 1.807) is 0 Å². The topological polar surface area (TPSA) is 87.3 Å². The molecule has 2 aliphatic rings. The van der Waals surface area contributed by atoms with Gasteiger partial charge in [0, 0.05) is 6.54 Å². The second-order valence-electron chi connectivity index (χ2n) is 5.06. The molecule has 2 aliphatic heterocycles. The van der Waals surface area contributed by atoms with E-state index in [-0.39, 0.29) is 11.8 Å². The summed E-state index contributed by atoms with van der Waals surface area (Å²) in [4.78, 5) is 11.6.